The fourth-order valence-electron chi connectivity index (χ4n) is 3.67. The summed E-state index contributed by atoms with van der Waals surface area (Å²) in [5, 5.41) is 4.00. The maximum absolute atomic E-state index is 14.0. The number of hydrogen-bond donors (Lipinski definition) is 0. The van der Waals surface area contributed by atoms with E-state index in [4.69, 9.17) is 14.0 Å². The molecule has 9 heteroatoms. The minimum absolute atomic E-state index is 0.0879. The Morgan fingerprint density at radius 3 is 2.78 bits per heavy atom. The van der Waals surface area contributed by atoms with Gasteiger partial charge in [0, 0.05) is 25.1 Å². The molecule has 0 aliphatic carbocycles. The molecule has 0 bridgehead atoms. The Balaban J connectivity index is 1.34. The molecule has 0 spiro atoms. The third kappa shape index (κ3) is 5.04. The number of hydrogen-bond acceptors (Lipinski definition) is 6. The van der Waals surface area contributed by atoms with Crippen molar-refractivity contribution < 1.29 is 27.6 Å². The molecule has 7 nitrogen and oxygen atoms in total. The number of ether oxygens (including phenoxy) is 2. The van der Waals surface area contributed by atoms with Crippen molar-refractivity contribution in [2.45, 2.75) is 25.2 Å². The van der Waals surface area contributed by atoms with E-state index in [1.165, 1.54) is 31.4 Å². The number of carbonyl (C=O) groups excluding carboxylic acids is 1. The summed E-state index contributed by atoms with van der Waals surface area (Å²) in [6.45, 7) is 1.32. The molecule has 2 heterocycles. The van der Waals surface area contributed by atoms with Crippen molar-refractivity contribution in [3.05, 3.63) is 71.4 Å². The Bertz CT molecular complexity index is 1070. The molecule has 1 saturated heterocycles. The summed E-state index contributed by atoms with van der Waals surface area (Å²) in [7, 11) is 1.38. The van der Waals surface area contributed by atoms with E-state index in [2.05, 4.69) is 10.1 Å². The van der Waals surface area contributed by atoms with Crippen LogP contribution in [0.5, 0.6) is 11.5 Å². The summed E-state index contributed by atoms with van der Waals surface area (Å²) >= 11 is 0. The van der Waals surface area contributed by atoms with Gasteiger partial charge in [-0.25, -0.2) is 8.78 Å². The highest BCUT2D eigenvalue weighted by atomic mass is 19.1. The minimum atomic E-state index is -0.573. The Morgan fingerprint density at radius 1 is 1.22 bits per heavy atom. The fraction of sp³-hybridized carbons (Fsp3) is 0.348. The third-order valence-corrected chi connectivity index (χ3v) is 5.35. The van der Waals surface area contributed by atoms with Gasteiger partial charge in [-0.15, -0.1) is 0 Å². The van der Waals surface area contributed by atoms with Crippen molar-refractivity contribution in [2.75, 3.05) is 26.8 Å². The van der Waals surface area contributed by atoms with Crippen LogP contribution in [-0.4, -0.2) is 47.8 Å². The van der Waals surface area contributed by atoms with Crippen molar-refractivity contribution in [2.24, 2.45) is 0 Å². The van der Waals surface area contributed by atoms with Crippen LogP contribution in [0.1, 0.15) is 40.8 Å². The zero-order valence-electron chi connectivity index (χ0n) is 17.6. The number of halogens is 2. The molecule has 32 heavy (non-hydrogen) atoms. The molecular weight excluding hydrogens is 420 g/mol. The number of carbonyl (C=O) groups is 1. The molecule has 2 aromatic carbocycles. The second kappa shape index (κ2) is 9.76. The van der Waals surface area contributed by atoms with Gasteiger partial charge in [-0.3, -0.25) is 4.79 Å². The summed E-state index contributed by atoms with van der Waals surface area (Å²) < 4.78 is 42.8. The van der Waals surface area contributed by atoms with E-state index in [-0.39, 0.29) is 29.0 Å². The largest absolute Gasteiger partial charge is 0.494 e. The first kappa shape index (κ1) is 21.7. The Morgan fingerprint density at radius 2 is 2.03 bits per heavy atom. The van der Waals surface area contributed by atoms with Crippen LogP contribution in [0.15, 0.2) is 47.0 Å². The van der Waals surface area contributed by atoms with Crippen molar-refractivity contribution >= 4 is 5.91 Å². The summed E-state index contributed by atoms with van der Waals surface area (Å²) in [5.74, 6) is 0.404. The summed E-state index contributed by atoms with van der Waals surface area (Å²) in [4.78, 5) is 19.0. The predicted molar refractivity (Wildman–Crippen MR) is 111 cm³/mol. The topological polar surface area (TPSA) is 77.7 Å². The highest BCUT2D eigenvalue weighted by molar-refractivity contribution is 5.94. The molecule has 3 aromatic rings. The first-order valence-electron chi connectivity index (χ1n) is 10.4. The molecular formula is C23H23F2N3O4. The Hall–Kier alpha value is -3.49. The van der Waals surface area contributed by atoms with Gasteiger partial charge in [0.15, 0.2) is 17.4 Å². The normalized spacial score (nSPS) is 16.1. The average molecular weight is 443 g/mol. The van der Waals surface area contributed by atoms with Gasteiger partial charge in [0.2, 0.25) is 5.89 Å². The molecule has 1 aliphatic rings. The maximum atomic E-state index is 14.0. The molecule has 1 unspecified atom stereocenters. The quantitative estimate of drug-likeness (QED) is 0.549. The Labute approximate surface area is 183 Å². The smallest absolute Gasteiger partial charge is 0.253 e. The summed E-state index contributed by atoms with van der Waals surface area (Å²) in [6.07, 6.45) is 2.02. The number of benzene rings is 2. The first-order chi connectivity index (χ1) is 15.5. The minimum Gasteiger partial charge on any atom is -0.494 e. The summed E-state index contributed by atoms with van der Waals surface area (Å²) in [6, 6.07) is 9.97. The van der Waals surface area contributed by atoms with Crippen LogP contribution >= 0.6 is 0 Å². The molecule has 0 N–H and O–H groups in total. The number of rotatable bonds is 7. The lowest BCUT2D eigenvalue weighted by molar-refractivity contribution is 0.0695. The van der Waals surface area contributed by atoms with Crippen LogP contribution in [-0.2, 0) is 6.42 Å². The van der Waals surface area contributed by atoms with Gasteiger partial charge in [0.25, 0.3) is 5.91 Å². The lowest BCUT2D eigenvalue weighted by Crippen LogP contribution is -2.39. The van der Waals surface area contributed by atoms with E-state index >= 15 is 0 Å². The zero-order chi connectivity index (χ0) is 22.5. The highest BCUT2D eigenvalue weighted by Gasteiger charge is 2.29. The molecule has 0 saturated carbocycles. The van der Waals surface area contributed by atoms with E-state index in [1.807, 2.05) is 0 Å². The standard InChI is InChI=1S/C23H23F2N3O4/c1-30-20-9-4-15(13-19(20)25)23(29)28-11-2-3-16(14-28)22-26-21(27-32-22)10-12-31-18-7-5-17(24)6-8-18/h4-9,13,16H,2-3,10-12,14H2,1H3. The van der Waals surface area contributed by atoms with Crippen molar-refractivity contribution in [1.82, 2.24) is 15.0 Å². The van der Waals surface area contributed by atoms with Crippen LogP contribution in [0.4, 0.5) is 8.78 Å². The number of aromatic nitrogens is 2. The molecule has 1 aromatic heterocycles. The zero-order valence-corrected chi connectivity index (χ0v) is 17.6. The summed E-state index contributed by atoms with van der Waals surface area (Å²) in [5.41, 5.74) is 0.271. The maximum Gasteiger partial charge on any atom is 0.253 e. The van der Waals surface area contributed by atoms with Gasteiger partial charge >= 0.3 is 0 Å². The van der Waals surface area contributed by atoms with Gasteiger partial charge < -0.3 is 18.9 Å². The van der Waals surface area contributed by atoms with Crippen molar-refractivity contribution in [3.8, 4) is 11.5 Å². The molecule has 1 aliphatic heterocycles. The molecule has 168 valence electrons. The molecule has 1 amide bonds. The third-order valence-electron chi connectivity index (χ3n) is 5.35. The van der Waals surface area contributed by atoms with Crippen LogP contribution in [0.25, 0.3) is 0 Å². The SMILES string of the molecule is COc1ccc(C(=O)N2CCCC(c3nc(CCOc4ccc(F)cc4)no3)C2)cc1F. The van der Waals surface area contributed by atoms with Crippen LogP contribution in [0, 0.1) is 11.6 Å². The number of piperidine rings is 1. The molecule has 1 fully saturated rings. The number of nitrogens with zero attached hydrogens (tertiary/aromatic N) is 3. The fourth-order valence-corrected chi connectivity index (χ4v) is 3.67. The predicted octanol–water partition coefficient (Wildman–Crippen LogP) is 4.00. The molecule has 4 rings (SSSR count). The van der Waals surface area contributed by atoms with Gasteiger partial charge in [-0.1, -0.05) is 5.16 Å². The Kier molecular flexibility index (Phi) is 6.63. The van der Waals surface area contributed by atoms with Gasteiger partial charge in [0.05, 0.1) is 19.6 Å². The van der Waals surface area contributed by atoms with Gasteiger partial charge in [-0.05, 0) is 55.3 Å². The van der Waals surface area contributed by atoms with E-state index < -0.39 is 5.82 Å². The van der Waals surface area contributed by atoms with Crippen molar-refractivity contribution in [1.29, 1.82) is 0 Å². The van der Waals surface area contributed by atoms with E-state index in [1.54, 1.807) is 23.1 Å². The van der Waals surface area contributed by atoms with Crippen LogP contribution < -0.4 is 9.47 Å². The van der Waals surface area contributed by atoms with Gasteiger partial charge in [0.1, 0.15) is 11.6 Å². The van der Waals surface area contributed by atoms with E-state index in [0.29, 0.717) is 43.6 Å². The number of amides is 1. The van der Waals surface area contributed by atoms with E-state index in [0.717, 1.165) is 12.8 Å². The van der Waals surface area contributed by atoms with Gasteiger partial charge in [-0.2, -0.15) is 4.98 Å². The molecule has 0 radical (unpaired) electrons. The van der Waals surface area contributed by atoms with E-state index in [9.17, 15) is 13.6 Å². The second-order valence-electron chi connectivity index (χ2n) is 7.54. The average Bonchev–Trinajstić information content (AvgIpc) is 3.29. The van der Waals surface area contributed by atoms with Crippen molar-refractivity contribution in [3.63, 3.8) is 0 Å². The molecule has 1 atom stereocenters. The first-order valence-corrected chi connectivity index (χ1v) is 10.4. The second-order valence-corrected chi connectivity index (χ2v) is 7.54. The lowest BCUT2D eigenvalue weighted by atomic mass is 9.97. The number of methoxy groups -OCH3 is 1. The highest BCUT2D eigenvalue weighted by Crippen LogP contribution is 2.27. The monoisotopic (exact) mass is 443 g/mol. The van der Waals surface area contributed by atoms with Crippen LogP contribution in [0.2, 0.25) is 0 Å². The lowest BCUT2D eigenvalue weighted by Gasteiger charge is -2.31. The number of likely N-dealkylation sites (tertiary alicyclic amines) is 1. The van der Waals surface area contributed by atoms with Crippen LogP contribution in [0.3, 0.4) is 0 Å².